The zero-order valence-electron chi connectivity index (χ0n) is 18.6. The van der Waals surface area contributed by atoms with E-state index in [4.69, 9.17) is 9.47 Å². The Morgan fingerprint density at radius 2 is 2.03 bits per heavy atom. The Morgan fingerprint density at radius 3 is 2.82 bits per heavy atom. The molecule has 0 radical (unpaired) electrons. The fourth-order valence-electron chi connectivity index (χ4n) is 4.62. The van der Waals surface area contributed by atoms with Gasteiger partial charge < -0.3 is 14.4 Å². The van der Waals surface area contributed by atoms with Crippen LogP contribution in [0.4, 0.5) is 0 Å². The Kier molecular flexibility index (Phi) is 5.86. The van der Waals surface area contributed by atoms with E-state index < -0.39 is 11.9 Å². The van der Waals surface area contributed by atoms with E-state index in [0.717, 1.165) is 49.8 Å². The predicted octanol–water partition coefficient (Wildman–Crippen LogP) is 0.592. The maximum Gasteiger partial charge on any atom is 0.255 e. The van der Waals surface area contributed by atoms with Gasteiger partial charge in [-0.2, -0.15) is 5.10 Å². The maximum absolute atomic E-state index is 13.0. The third kappa shape index (κ3) is 4.36. The van der Waals surface area contributed by atoms with Crippen molar-refractivity contribution < 1.29 is 23.9 Å². The summed E-state index contributed by atoms with van der Waals surface area (Å²) >= 11 is 0. The summed E-state index contributed by atoms with van der Waals surface area (Å²) < 4.78 is 13.4. The number of benzene rings is 1. The molecule has 0 aliphatic carbocycles. The van der Waals surface area contributed by atoms with Gasteiger partial charge in [-0.1, -0.05) is 6.07 Å². The molecule has 2 fully saturated rings. The molecule has 33 heavy (non-hydrogen) atoms. The van der Waals surface area contributed by atoms with Gasteiger partial charge in [-0.25, -0.2) is 0 Å². The van der Waals surface area contributed by atoms with Gasteiger partial charge in [0.15, 0.2) is 0 Å². The quantitative estimate of drug-likeness (QED) is 0.638. The smallest absolute Gasteiger partial charge is 0.255 e. The molecule has 5 rings (SSSR count). The first kappa shape index (κ1) is 21.6. The van der Waals surface area contributed by atoms with E-state index in [-0.39, 0.29) is 31.4 Å². The summed E-state index contributed by atoms with van der Waals surface area (Å²) in [6.45, 7) is 4.68. The number of hydrogen-bond donors (Lipinski definition) is 1. The second-order valence-corrected chi connectivity index (χ2v) is 8.61. The van der Waals surface area contributed by atoms with Crippen LogP contribution in [0, 0.1) is 0 Å². The van der Waals surface area contributed by atoms with Gasteiger partial charge in [0.1, 0.15) is 24.1 Å². The van der Waals surface area contributed by atoms with Gasteiger partial charge in [0.25, 0.3) is 5.91 Å². The summed E-state index contributed by atoms with van der Waals surface area (Å²) in [4.78, 5) is 40.6. The van der Waals surface area contributed by atoms with Crippen molar-refractivity contribution in [3.8, 4) is 5.75 Å². The van der Waals surface area contributed by atoms with Crippen LogP contribution in [0.5, 0.6) is 5.75 Å². The number of aryl methyl sites for hydroxylation is 1. The Bertz CT molecular complexity index is 1090. The molecule has 2 aromatic rings. The second kappa shape index (κ2) is 8.95. The summed E-state index contributed by atoms with van der Waals surface area (Å²) in [5.74, 6) is -0.324. The first-order chi connectivity index (χ1) is 16.0. The van der Waals surface area contributed by atoms with E-state index in [1.165, 1.54) is 4.90 Å². The van der Waals surface area contributed by atoms with Crippen molar-refractivity contribution in [3.63, 3.8) is 0 Å². The first-order valence-electron chi connectivity index (χ1n) is 11.2. The van der Waals surface area contributed by atoms with Crippen LogP contribution >= 0.6 is 0 Å². The molecule has 10 nitrogen and oxygen atoms in total. The van der Waals surface area contributed by atoms with Crippen molar-refractivity contribution in [1.29, 1.82) is 0 Å². The highest BCUT2D eigenvalue weighted by Crippen LogP contribution is 2.33. The van der Waals surface area contributed by atoms with Crippen molar-refractivity contribution in [1.82, 2.24) is 24.9 Å². The van der Waals surface area contributed by atoms with Crippen LogP contribution in [-0.4, -0.2) is 69.6 Å². The molecule has 10 heteroatoms. The highest BCUT2D eigenvalue weighted by Gasteiger charge is 2.40. The topological polar surface area (TPSA) is 106 Å². The Labute approximate surface area is 191 Å². The number of nitrogens with zero attached hydrogens (tertiary/aromatic N) is 4. The summed E-state index contributed by atoms with van der Waals surface area (Å²) in [6, 6.07) is 6.76. The number of fused-ring (bicyclic) bond motifs is 1. The molecule has 0 saturated carbocycles. The molecular weight excluding hydrogens is 426 g/mol. The third-order valence-electron chi connectivity index (χ3n) is 6.43. The van der Waals surface area contributed by atoms with Gasteiger partial charge in [0, 0.05) is 44.2 Å². The van der Waals surface area contributed by atoms with Crippen LogP contribution in [0.15, 0.2) is 24.3 Å². The molecule has 4 heterocycles. The Balaban J connectivity index is 1.26. The minimum Gasteiger partial charge on any atom is -0.487 e. The van der Waals surface area contributed by atoms with Crippen LogP contribution in [0.1, 0.15) is 40.2 Å². The van der Waals surface area contributed by atoms with Crippen molar-refractivity contribution in [2.75, 3.05) is 26.3 Å². The lowest BCUT2D eigenvalue weighted by molar-refractivity contribution is -0.136. The molecule has 0 spiro atoms. The standard InChI is InChI=1S/C23H27N5O5/c1-26-16(12-27-7-9-32-10-8-27)11-15(25-26)14-33-20-4-2-3-17-18(20)13-28(23(17)31)19-5-6-21(29)24-22(19)30/h2-4,11,19H,5-10,12-14H2,1H3,(H,24,29,30). The SMILES string of the molecule is Cn1nc(COc2cccc3c2CN(C2CCC(=O)NC2=O)C3=O)cc1CN1CCOCC1. The van der Waals surface area contributed by atoms with E-state index >= 15 is 0 Å². The zero-order chi connectivity index (χ0) is 22.9. The molecule has 1 unspecified atom stereocenters. The number of ether oxygens (including phenoxy) is 2. The monoisotopic (exact) mass is 453 g/mol. The number of amides is 3. The van der Waals surface area contributed by atoms with Gasteiger partial charge >= 0.3 is 0 Å². The molecule has 1 N–H and O–H groups in total. The van der Waals surface area contributed by atoms with Gasteiger partial charge in [-0.05, 0) is 24.6 Å². The lowest BCUT2D eigenvalue weighted by atomic mass is 10.0. The first-order valence-corrected chi connectivity index (χ1v) is 11.2. The molecule has 0 bridgehead atoms. The van der Waals surface area contributed by atoms with Crippen LogP contribution in [0.25, 0.3) is 0 Å². The number of hydrogen-bond acceptors (Lipinski definition) is 7. The van der Waals surface area contributed by atoms with Crippen molar-refractivity contribution in [2.24, 2.45) is 7.05 Å². The predicted molar refractivity (Wildman–Crippen MR) is 116 cm³/mol. The number of carbonyl (C=O) groups is 3. The summed E-state index contributed by atoms with van der Waals surface area (Å²) in [5, 5.41) is 6.90. The number of rotatable bonds is 6. The van der Waals surface area contributed by atoms with Gasteiger partial charge in [-0.3, -0.25) is 29.3 Å². The molecule has 174 valence electrons. The van der Waals surface area contributed by atoms with Crippen LogP contribution in [0.3, 0.4) is 0 Å². The number of nitrogens with one attached hydrogen (secondary N) is 1. The van der Waals surface area contributed by atoms with E-state index in [9.17, 15) is 14.4 Å². The van der Waals surface area contributed by atoms with Crippen molar-refractivity contribution in [3.05, 3.63) is 46.8 Å². The van der Waals surface area contributed by atoms with E-state index in [0.29, 0.717) is 17.7 Å². The lowest BCUT2D eigenvalue weighted by Crippen LogP contribution is -2.52. The van der Waals surface area contributed by atoms with E-state index in [1.54, 1.807) is 12.1 Å². The van der Waals surface area contributed by atoms with Gasteiger partial charge in [-0.15, -0.1) is 0 Å². The minimum absolute atomic E-state index is 0.212. The highest BCUT2D eigenvalue weighted by molar-refractivity contribution is 6.05. The molecule has 1 atom stereocenters. The van der Waals surface area contributed by atoms with E-state index in [2.05, 4.69) is 15.3 Å². The minimum atomic E-state index is -0.644. The van der Waals surface area contributed by atoms with Crippen LogP contribution in [-0.2, 0) is 41.1 Å². The molecule has 2 saturated heterocycles. The average Bonchev–Trinajstić information content (AvgIpc) is 3.33. The molecule has 1 aromatic heterocycles. The summed E-state index contributed by atoms with van der Waals surface area (Å²) in [5.41, 5.74) is 3.21. The number of aromatic nitrogens is 2. The number of piperidine rings is 1. The third-order valence-corrected chi connectivity index (χ3v) is 6.43. The summed E-state index contributed by atoms with van der Waals surface area (Å²) in [6.07, 6.45) is 0.562. The molecule has 3 aliphatic heterocycles. The number of morpholine rings is 1. The fourth-order valence-corrected chi connectivity index (χ4v) is 4.62. The highest BCUT2D eigenvalue weighted by atomic mass is 16.5. The fraction of sp³-hybridized carbons (Fsp3) is 0.478. The number of carbonyl (C=O) groups excluding carboxylic acids is 3. The average molecular weight is 453 g/mol. The van der Waals surface area contributed by atoms with Gasteiger partial charge in [0.05, 0.1) is 25.5 Å². The molecule has 3 aliphatic rings. The molecule has 3 amide bonds. The van der Waals surface area contributed by atoms with Crippen LogP contribution < -0.4 is 10.1 Å². The molecular formula is C23H27N5O5. The van der Waals surface area contributed by atoms with Crippen LogP contribution in [0.2, 0.25) is 0 Å². The Hall–Kier alpha value is -3.24. The normalized spacial score (nSPS) is 21.3. The second-order valence-electron chi connectivity index (χ2n) is 8.61. The summed E-state index contributed by atoms with van der Waals surface area (Å²) in [7, 11) is 1.93. The van der Waals surface area contributed by atoms with Gasteiger partial charge in [0.2, 0.25) is 11.8 Å². The zero-order valence-corrected chi connectivity index (χ0v) is 18.6. The molecule has 1 aromatic carbocycles. The van der Waals surface area contributed by atoms with Crippen molar-refractivity contribution >= 4 is 17.7 Å². The largest absolute Gasteiger partial charge is 0.487 e. The Morgan fingerprint density at radius 1 is 1.21 bits per heavy atom. The lowest BCUT2D eigenvalue weighted by Gasteiger charge is -2.29. The van der Waals surface area contributed by atoms with E-state index in [1.807, 2.05) is 23.9 Å². The van der Waals surface area contributed by atoms with Crippen molar-refractivity contribution in [2.45, 2.75) is 38.6 Å². The number of imide groups is 1. The maximum atomic E-state index is 13.0.